The van der Waals surface area contributed by atoms with Gasteiger partial charge in [-0.2, -0.15) is 8.78 Å². The van der Waals surface area contributed by atoms with Gasteiger partial charge in [-0.1, -0.05) is 6.92 Å². The Balaban J connectivity index is 2.21. The van der Waals surface area contributed by atoms with E-state index < -0.39 is 11.5 Å². The van der Waals surface area contributed by atoms with Crippen molar-refractivity contribution in [3.63, 3.8) is 0 Å². The quantitative estimate of drug-likeness (QED) is 0.664. The first-order valence-electron chi connectivity index (χ1n) is 6.57. The molecular formula is C13H17F2N3O3. The minimum atomic E-state index is -2.97. The lowest BCUT2D eigenvalue weighted by atomic mass is 10.1. The van der Waals surface area contributed by atoms with Crippen LogP contribution in [0.2, 0.25) is 0 Å². The maximum atomic E-state index is 12.4. The van der Waals surface area contributed by atoms with Crippen LogP contribution in [0.4, 0.5) is 14.5 Å². The Kier molecular flexibility index (Phi) is 4.69. The van der Waals surface area contributed by atoms with E-state index in [0.717, 1.165) is 12.6 Å². The average Bonchev–Trinajstić information content (AvgIpc) is 2.69. The van der Waals surface area contributed by atoms with Crippen LogP contribution in [0.15, 0.2) is 18.2 Å². The first-order chi connectivity index (χ1) is 9.86. The number of halogens is 2. The van der Waals surface area contributed by atoms with Gasteiger partial charge in [0.15, 0.2) is 0 Å². The molecule has 1 fully saturated rings. The van der Waals surface area contributed by atoms with E-state index >= 15 is 0 Å². The molecule has 1 aromatic carbocycles. The summed E-state index contributed by atoms with van der Waals surface area (Å²) in [6, 6.07) is 3.65. The molecule has 0 saturated carbocycles. The van der Waals surface area contributed by atoms with Crippen molar-refractivity contribution in [3.8, 4) is 5.75 Å². The standard InChI is InChI=1S/C13H17F2N3O3/c1-8-5-17(7-11(8)16)6-9-4-10(18(19)20)2-3-12(9)21-13(14)15/h2-4,8,11,13H,5-7,16H2,1H3. The monoisotopic (exact) mass is 301 g/mol. The molecule has 1 saturated heterocycles. The number of benzene rings is 1. The summed E-state index contributed by atoms with van der Waals surface area (Å²) in [6.45, 7) is 0.678. The molecule has 6 nitrogen and oxygen atoms in total. The molecule has 2 unspecified atom stereocenters. The molecule has 0 radical (unpaired) electrons. The molecule has 1 heterocycles. The van der Waals surface area contributed by atoms with Gasteiger partial charge >= 0.3 is 6.61 Å². The number of rotatable bonds is 5. The molecular weight excluding hydrogens is 284 g/mol. The Hall–Kier alpha value is -1.80. The molecule has 1 aliphatic rings. The summed E-state index contributed by atoms with van der Waals surface area (Å²) in [5.74, 6) is 0.256. The van der Waals surface area contributed by atoms with Crippen molar-refractivity contribution in [2.75, 3.05) is 13.1 Å². The first-order valence-corrected chi connectivity index (χ1v) is 6.57. The fourth-order valence-electron chi connectivity index (χ4n) is 2.48. The topological polar surface area (TPSA) is 81.6 Å². The summed E-state index contributed by atoms with van der Waals surface area (Å²) >= 11 is 0. The summed E-state index contributed by atoms with van der Waals surface area (Å²) in [4.78, 5) is 12.2. The fraction of sp³-hybridized carbons (Fsp3) is 0.538. The number of nitro groups is 1. The highest BCUT2D eigenvalue weighted by atomic mass is 19.3. The van der Waals surface area contributed by atoms with E-state index in [-0.39, 0.29) is 17.5 Å². The Morgan fingerprint density at radius 3 is 2.76 bits per heavy atom. The Labute approximate surface area is 120 Å². The van der Waals surface area contributed by atoms with Gasteiger partial charge in [0.05, 0.1) is 4.92 Å². The molecule has 0 aliphatic carbocycles. The summed E-state index contributed by atoms with van der Waals surface area (Å²) in [6.07, 6.45) is 0. The Morgan fingerprint density at radius 1 is 1.52 bits per heavy atom. The van der Waals surface area contributed by atoms with E-state index in [2.05, 4.69) is 4.74 Å². The van der Waals surface area contributed by atoms with E-state index in [0.29, 0.717) is 24.6 Å². The van der Waals surface area contributed by atoms with Gasteiger partial charge < -0.3 is 10.5 Å². The average molecular weight is 301 g/mol. The minimum Gasteiger partial charge on any atom is -0.434 e. The molecule has 2 N–H and O–H groups in total. The second-order valence-electron chi connectivity index (χ2n) is 5.26. The predicted octanol–water partition coefficient (Wildman–Crippen LogP) is 1.98. The van der Waals surface area contributed by atoms with E-state index in [9.17, 15) is 18.9 Å². The molecule has 0 aromatic heterocycles. The lowest BCUT2D eigenvalue weighted by Crippen LogP contribution is -2.28. The van der Waals surface area contributed by atoms with Crippen LogP contribution in [-0.4, -0.2) is 35.6 Å². The van der Waals surface area contributed by atoms with Gasteiger partial charge in [0, 0.05) is 43.4 Å². The van der Waals surface area contributed by atoms with Gasteiger partial charge in [0.25, 0.3) is 5.69 Å². The van der Waals surface area contributed by atoms with E-state index in [1.54, 1.807) is 0 Å². The van der Waals surface area contributed by atoms with Gasteiger partial charge in [-0.05, 0) is 12.0 Å². The van der Waals surface area contributed by atoms with Gasteiger partial charge in [0.1, 0.15) is 5.75 Å². The van der Waals surface area contributed by atoms with E-state index in [1.165, 1.54) is 12.1 Å². The molecule has 1 aromatic rings. The summed E-state index contributed by atoms with van der Waals surface area (Å²) in [5.41, 5.74) is 6.13. The third-order valence-corrected chi connectivity index (χ3v) is 3.61. The van der Waals surface area contributed by atoms with Crippen molar-refractivity contribution in [3.05, 3.63) is 33.9 Å². The van der Waals surface area contributed by atoms with Crippen molar-refractivity contribution in [1.29, 1.82) is 0 Å². The highest BCUT2D eigenvalue weighted by Gasteiger charge is 2.27. The SMILES string of the molecule is CC1CN(Cc2cc([N+](=O)[O-])ccc2OC(F)F)CC1N. The zero-order valence-corrected chi connectivity index (χ0v) is 11.5. The van der Waals surface area contributed by atoms with Crippen LogP contribution in [0, 0.1) is 16.0 Å². The minimum absolute atomic E-state index is 0.0168. The first kappa shape index (κ1) is 15.6. The number of ether oxygens (including phenoxy) is 1. The molecule has 0 amide bonds. The molecule has 0 spiro atoms. The number of nitrogens with two attached hydrogens (primary N) is 1. The largest absolute Gasteiger partial charge is 0.434 e. The Bertz CT molecular complexity index is 517. The number of hydrogen-bond donors (Lipinski definition) is 1. The smallest absolute Gasteiger partial charge is 0.387 e. The van der Waals surface area contributed by atoms with Crippen molar-refractivity contribution in [2.45, 2.75) is 26.1 Å². The number of likely N-dealkylation sites (tertiary alicyclic amines) is 1. The van der Waals surface area contributed by atoms with E-state index in [4.69, 9.17) is 5.73 Å². The maximum absolute atomic E-state index is 12.4. The second kappa shape index (κ2) is 6.31. The molecule has 2 atom stereocenters. The normalized spacial score (nSPS) is 22.7. The van der Waals surface area contributed by atoms with Crippen molar-refractivity contribution in [1.82, 2.24) is 4.90 Å². The van der Waals surface area contributed by atoms with Gasteiger partial charge in [-0.15, -0.1) is 0 Å². The third-order valence-electron chi connectivity index (χ3n) is 3.61. The van der Waals surface area contributed by atoms with Gasteiger partial charge in [0.2, 0.25) is 0 Å². The summed E-state index contributed by atoms with van der Waals surface area (Å²) < 4.78 is 29.2. The number of alkyl halides is 2. The molecule has 0 bridgehead atoms. The molecule has 1 aliphatic heterocycles. The lowest BCUT2D eigenvalue weighted by molar-refractivity contribution is -0.385. The highest BCUT2D eigenvalue weighted by molar-refractivity contribution is 5.43. The molecule has 116 valence electrons. The number of hydrogen-bond acceptors (Lipinski definition) is 5. The van der Waals surface area contributed by atoms with Crippen molar-refractivity contribution < 1.29 is 18.4 Å². The van der Waals surface area contributed by atoms with Crippen LogP contribution in [-0.2, 0) is 6.54 Å². The molecule has 21 heavy (non-hydrogen) atoms. The molecule has 2 rings (SSSR count). The predicted molar refractivity (Wildman–Crippen MR) is 72.1 cm³/mol. The second-order valence-corrected chi connectivity index (χ2v) is 5.26. The van der Waals surface area contributed by atoms with Crippen molar-refractivity contribution in [2.24, 2.45) is 11.7 Å². The third kappa shape index (κ3) is 3.85. The summed E-state index contributed by atoms with van der Waals surface area (Å²) in [5, 5.41) is 10.8. The van der Waals surface area contributed by atoms with Gasteiger partial charge in [-0.3, -0.25) is 15.0 Å². The molecule has 8 heteroatoms. The summed E-state index contributed by atoms with van der Waals surface area (Å²) in [7, 11) is 0. The number of non-ortho nitro benzene ring substituents is 1. The fourth-order valence-corrected chi connectivity index (χ4v) is 2.48. The van der Waals surface area contributed by atoms with Crippen molar-refractivity contribution >= 4 is 5.69 Å². The van der Waals surface area contributed by atoms with Crippen LogP contribution < -0.4 is 10.5 Å². The van der Waals surface area contributed by atoms with Gasteiger partial charge in [-0.25, -0.2) is 0 Å². The van der Waals surface area contributed by atoms with E-state index in [1.807, 2.05) is 11.8 Å². The van der Waals surface area contributed by atoms with Crippen LogP contribution >= 0.6 is 0 Å². The maximum Gasteiger partial charge on any atom is 0.387 e. The van der Waals surface area contributed by atoms with Crippen LogP contribution in [0.5, 0.6) is 5.75 Å². The van der Waals surface area contributed by atoms with Crippen LogP contribution in [0.3, 0.4) is 0 Å². The highest BCUT2D eigenvalue weighted by Crippen LogP contribution is 2.28. The van der Waals surface area contributed by atoms with Crippen LogP contribution in [0.25, 0.3) is 0 Å². The zero-order valence-electron chi connectivity index (χ0n) is 11.5. The Morgan fingerprint density at radius 2 is 2.24 bits per heavy atom. The zero-order chi connectivity index (χ0) is 15.6. The lowest BCUT2D eigenvalue weighted by Gasteiger charge is -2.18. The number of nitrogens with zero attached hydrogens (tertiary/aromatic N) is 2. The van der Waals surface area contributed by atoms with Crippen LogP contribution in [0.1, 0.15) is 12.5 Å². The number of nitro benzene ring substituents is 1.